The lowest BCUT2D eigenvalue weighted by Crippen LogP contribution is -2.15. The highest BCUT2D eigenvalue weighted by molar-refractivity contribution is 9.10. The van der Waals surface area contributed by atoms with E-state index in [2.05, 4.69) is 44.2 Å². The minimum absolute atomic E-state index is 0.801. The zero-order chi connectivity index (χ0) is 12.3. The van der Waals surface area contributed by atoms with E-state index in [0.29, 0.717) is 0 Å². The summed E-state index contributed by atoms with van der Waals surface area (Å²) in [5.74, 6) is 1.88. The Labute approximate surface area is 109 Å². The molecule has 0 aliphatic carbocycles. The van der Waals surface area contributed by atoms with Crippen LogP contribution in [0.3, 0.4) is 0 Å². The van der Waals surface area contributed by atoms with E-state index >= 15 is 0 Å². The number of nitrogens with one attached hydrogen (secondary N) is 1. The molecule has 4 nitrogen and oxygen atoms in total. The normalized spacial score (nSPS) is 10.8. The summed E-state index contributed by atoms with van der Waals surface area (Å²) < 4.78 is 2.99. The van der Waals surface area contributed by atoms with Crippen molar-refractivity contribution in [3.8, 4) is 5.82 Å². The Morgan fingerprint density at radius 1 is 1.41 bits per heavy atom. The van der Waals surface area contributed by atoms with Gasteiger partial charge in [0.25, 0.3) is 0 Å². The number of halogens is 1. The van der Waals surface area contributed by atoms with Crippen molar-refractivity contribution in [1.82, 2.24) is 19.9 Å². The molecule has 0 aliphatic rings. The van der Waals surface area contributed by atoms with Crippen molar-refractivity contribution < 1.29 is 0 Å². The molecule has 0 aliphatic heterocycles. The lowest BCUT2D eigenvalue weighted by Gasteiger charge is -2.11. The van der Waals surface area contributed by atoms with Gasteiger partial charge in [0, 0.05) is 35.2 Å². The fourth-order valence-electron chi connectivity index (χ4n) is 1.68. The molecule has 2 heterocycles. The second-order valence-electron chi connectivity index (χ2n) is 3.76. The Hall–Kier alpha value is -1.20. The SMILES string of the molecule is CCNCc1cc(Br)cnc1-n1ccnc1C. The molecular formula is C12H15BrN4. The van der Waals surface area contributed by atoms with Crippen LogP contribution in [0.1, 0.15) is 18.3 Å². The molecule has 0 aromatic carbocycles. The number of nitrogens with zero attached hydrogens (tertiary/aromatic N) is 3. The maximum Gasteiger partial charge on any atom is 0.142 e. The van der Waals surface area contributed by atoms with Gasteiger partial charge in [-0.2, -0.15) is 0 Å². The van der Waals surface area contributed by atoms with Gasteiger partial charge in [-0.3, -0.25) is 4.57 Å². The molecule has 2 rings (SSSR count). The van der Waals surface area contributed by atoms with Gasteiger partial charge in [-0.15, -0.1) is 0 Å². The van der Waals surface area contributed by atoms with Crippen molar-refractivity contribution in [2.24, 2.45) is 0 Å². The third kappa shape index (κ3) is 2.73. The molecule has 0 spiro atoms. The first-order valence-electron chi connectivity index (χ1n) is 5.58. The molecule has 0 saturated heterocycles. The zero-order valence-electron chi connectivity index (χ0n) is 9.94. The zero-order valence-corrected chi connectivity index (χ0v) is 11.5. The van der Waals surface area contributed by atoms with E-state index in [9.17, 15) is 0 Å². The van der Waals surface area contributed by atoms with E-state index in [1.54, 1.807) is 6.20 Å². The Balaban J connectivity index is 2.42. The van der Waals surface area contributed by atoms with Crippen LogP contribution in [0.2, 0.25) is 0 Å². The average molecular weight is 295 g/mol. The van der Waals surface area contributed by atoms with Crippen molar-refractivity contribution in [2.45, 2.75) is 20.4 Å². The molecule has 0 amide bonds. The van der Waals surface area contributed by atoms with Crippen LogP contribution in [0.25, 0.3) is 5.82 Å². The highest BCUT2D eigenvalue weighted by Gasteiger charge is 2.08. The number of rotatable bonds is 4. The summed E-state index contributed by atoms with van der Waals surface area (Å²) in [4.78, 5) is 8.70. The van der Waals surface area contributed by atoms with Crippen LogP contribution >= 0.6 is 15.9 Å². The van der Waals surface area contributed by atoms with Crippen LogP contribution < -0.4 is 5.32 Å². The quantitative estimate of drug-likeness (QED) is 0.942. The summed E-state index contributed by atoms with van der Waals surface area (Å²) in [5.41, 5.74) is 1.15. The Bertz CT molecular complexity index is 507. The van der Waals surface area contributed by atoms with Gasteiger partial charge in [-0.1, -0.05) is 6.92 Å². The average Bonchev–Trinajstić information content (AvgIpc) is 2.73. The van der Waals surface area contributed by atoms with E-state index in [1.807, 2.05) is 23.9 Å². The first-order valence-corrected chi connectivity index (χ1v) is 6.37. The highest BCUT2D eigenvalue weighted by Crippen LogP contribution is 2.18. The van der Waals surface area contributed by atoms with Gasteiger partial charge in [-0.05, 0) is 35.5 Å². The van der Waals surface area contributed by atoms with Gasteiger partial charge in [0.2, 0.25) is 0 Å². The molecule has 5 heteroatoms. The summed E-state index contributed by atoms with van der Waals surface area (Å²) in [5, 5.41) is 3.32. The molecule has 0 fully saturated rings. The maximum absolute atomic E-state index is 4.47. The fraction of sp³-hybridized carbons (Fsp3) is 0.333. The minimum atomic E-state index is 0.801. The second-order valence-corrected chi connectivity index (χ2v) is 4.68. The van der Waals surface area contributed by atoms with E-state index in [0.717, 1.165) is 34.8 Å². The summed E-state index contributed by atoms with van der Waals surface area (Å²) in [6.07, 6.45) is 5.53. The fourth-order valence-corrected chi connectivity index (χ4v) is 2.06. The predicted molar refractivity (Wildman–Crippen MR) is 71.2 cm³/mol. The molecular weight excluding hydrogens is 280 g/mol. The molecule has 2 aromatic heterocycles. The highest BCUT2D eigenvalue weighted by atomic mass is 79.9. The van der Waals surface area contributed by atoms with Gasteiger partial charge < -0.3 is 5.32 Å². The molecule has 1 N–H and O–H groups in total. The number of hydrogen-bond donors (Lipinski definition) is 1. The Kier molecular flexibility index (Phi) is 3.91. The van der Waals surface area contributed by atoms with Crippen molar-refractivity contribution in [3.63, 3.8) is 0 Å². The van der Waals surface area contributed by atoms with Crippen molar-refractivity contribution in [2.75, 3.05) is 6.54 Å². The number of hydrogen-bond acceptors (Lipinski definition) is 3. The first kappa shape index (κ1) is 12.3. The molecule has 17 heavy (non-hydrogen) atoms. The van der Waals surface area contributed by atoms with Crippen LogP contribution in [0.15, 0.2) is 29.1 Å². The monoisotopic (exact) mass is 294 g/mol. The van der Waals surface area contributed by atoms with Gasteiger partial charge in [0.1, 0.15) is 11.6 Å². The van der Waals surface area contributed by atoms with E-state index in [-0.39, 0.29) is 0 Å². The van der Waals surface area contributed by atoms with Crippen LogP contribution in [0.5, 0.6) is 0 Å². The van der Waals surface area contributed by atoms with E-state index in [1.165, 1.54) is 0 Å². The third-order valence-electron chi connectivity index (χ3n) is 2.53. The van der Waals surface area contributed by atoms with Gasteiger partial charge >= 0.3 is 0 Å². The van der Waals surface area contributed by atoms with E-state index in [4.69, 9.17) is 0 Å². The molecule has 0 atom stereocenters. The molecule has 0 radical (unpaired) electrons. The largest absolute Gasteiger partial charge is 0.313 e. The topological polar surface area (TPSA) is 42.7 Å². The van der Waals surface area contributed by atoms with Crippen LogP contribution in [0, 0.1) is 6.92 Å². The summed E-state index contributed by atoms with van der Waals surface area (Å²) in [6, 6.07) is 2.09. The molecule has 90 valence electrons. The molecule has 0 bridgehead atoms. The smallest absolute Gasteiger partial charge is 0.142 e. The summed E-state index contributed by atoms with van der Waals surface area (Å²) in [6.45, 7) is 5.80. The van der Waals surface area contributed by atoms with Crippen molar-refractivity contribution in [1.29, 1.82) is 0 Å². The van der Waals surface area contributed by atoms with Gasteiger partial charge in [0.05, 0.1) is 0 Å². The number of aryl methyl sites for hydroxylation is 1. The number of pyridine rings is 1. The van der Waals surface area contributed by atoms with Gasteiger partial charge in [-0.25, -0.2) is 9.97 Å². The minimum Gasteiger partial charge on any atom is -0.313 e. The molecule has 0 saturated carbocycles. The van der Waals surface area contributed by atoms with Crippen LogP contribution in [-0.4, -0.2) is 21.1 Å². The summed E-state index contributed by atoms with van der Waals surface area (Å²) >= 11 is 3.45. The van der Waals surface area contributed by atoms with E-state index < -0.39 is 0 Å². The summed E-state index contributed by atoms with van der Waals surface area (Å²) in [7, 11) is 0. The lowest BCUT2D eigenvalue weighted by molar-refractivity contribution is 0.716. The second kappa shape index (κ2) is 5.42. The Morgan fingerprint density at radius 2 is 2.24 bits per heavy atom. The predicted octanol–water partition coefficient (Wildman–Crippen LogP) is 2.45. The molecule has 0 unspecified atom stereocenters. The van der Waals surface area contributed by atoms with Crippen LogP contribution in [-0.2, 0) is 6.54 Å². The third-order valence-corrected chi connectivity index (χ3v) is 2.96. The standard InChI is InChI=1S/C12H15BrN4/c1-3-14-7-10-6-11(13)8-16-12(10)17-5-4-15-9(17)2/h4-6,8,14H,3,7H2,1-2H3. The van der Waals surface area contributed by atoms with Gasteiger partial charge in [0.15, 0.2) is 0 Å². The van der Waals surface area contributed by atoms with Crippen molar-refractivity contribution >= 4 is 15.9 Å². The van der Waals surface area contributed by atoms with Crippen LogP contribution in [0.4, 0.5) is 0 Å². The number of imidazole rings is 1. The maximum atomic E-state index is 4.47. The molecule has 2 aromatic rings. The lowest BCUT2D eigenvalue weighted by atomic mass is 10.2. The Morgan fingerprint density at radius 3 is 2.88 bits per heavy atom. The number of aromatic nitrogens is 3. The van der Waals surface area contributed by atoms with Crippen molar-refractivity contribution in [3.05, 3.63) is 40.5 Å². The first-order chi connectivity index (χ1) is 8.22.